The standard InChI is InChI=1S/C14H26N2O4/c1-10(2)11(9-20-3)15-13(19)16-14(12(17)18)7-5-4-6-8-14/h10-11H,4-9H2,1-3H3,(H,17,18)(H2,15,16,19). The van der Waals surface area contributed by atoms with E-state index in [2.05, 4.69) is 10.6 Å². The summed E-state index contributed by atoms with van der Waals surface area (Å²) in [5.41, 5.74) is -1.11. The molecule has 1 rings (SSSR count). The molecule has 1 aliphatic rings. The molecule has 20 heavy (non-hydrogen) atoms. The van der Waals surface area contributed by atoms with Gasteiger partial charge in [-0.3, -0.25) is 0 Å². The van der Waals surface area contributed by atoms with Crippen molar-refractivity contribution in [3.05, 3.63) is 0 Å². The Morgan fingerprint density at radius 1 is 1.25 bits per heavy atom. The molecule has 1 aliphatic carbocycles. The van der Waals surface area contributed by atoms with Crippen LogP contribution in [0.5, 0.6) is 0 Å². The summed E-state index contributed by atoms with van der Waals surface area (Å²) in [4.78, 5) is 23.6. The van der Waals surface area contributed by atoms with E-state index in [1.54, 1.807) is 7.11 Å². The average molecular weight is 286 g/mol. The Morgan fingerprint density at radius 2 is 1.85 bits per heavy atom. The van der Waals surface area contributed by atoms with Gasteiger partial charge in [0.25, 0.3) is 0 Å². The van der Waals surface area contributed by atoms with Crippen molar-refractivity contribution in [1.29, 1.82) is 0 Å². The molecule has 6 nitrogen and oxygen atoms in total. The third-order valence-electron chi connectivity index (χ3n) is 3.94. The van der Waals surface area contributed by atoms with Crippen LogP contribution in [0.4, 0.5) is 4.79 Å². The monoisotopic (exact) mass is 286 g/mol. The summed E-state index contributed by atoms with van der Waals surface area (Å²) >= 11 is 0. The third-order valence-corrected chi connectivity index (χ3v) is 3.94. The first-order valence-corrected chi connectivity index (χ1v) is 7.22. The number of hydrogen-bond donors (Lipinski definition) is 3. The number of rotatable bonds is 6. The molecule has 0 bridgehead atoms. The second-order valence-electron chi connectivity index (χ2n) is 5.85. The van der Waals surface area contributed by atoms with E-state index >= 15 is 0 Å². The summed E-state index contributed by atoms with van der Waals surface area (Å²) < 4.78 is 5.07. The van der Waals surface area contributed by atoms with Gasteiger partial charge in [-0.25, -0.2) is 9.59 Å². The van der Waals surface area contributed by atoms with Gasteiger partial charge in [-0.15, -0.1) is 0 Å². The minimum Gasteiger partial charge on any atom is -0.480 e. The van der Waals surface area contributed by atoms with Crippen molar-refractivity contribution in [2.75, 3.05) is 13.7 Å². The highest BCUT2D eigenvalue weighted by Gasteiger charge is 2.41. The SMILES string of the molecule is COCC(NC(=O)NC1(C(=O)O)CCCCC1)C(C)C. The summed E-state index contributed by atoms with van der Waals surface area (Å²) in [7, 11) is 1.58. The number of amides is 2. The Kier molecular flexibility index (Phi) is 6.26. The number of ether oxygens (including phenoxy) is 1. The quantitative estimate of drug-likeness (QED) is 0.694. The van der Waals surface area contributed by atoms with Crippen molar-refractivity contribution in [2.24, 2.45) is 5.92 Å². The molecule has 1 unspecified atom stereocenters. The minimum absolute atomic E-state index is 0.130. The van der Waals surface area contributed by atoms with Gasteiger partial charge < -0.3 is 20.5 Å². The van der Waals surface area contributed by atoms with Crippen LogP contribution in [0.1, 0.15) is 46.0 Å². The number of nitrogens with one attached hydrogen (secondary N) is 2. The van der Waals surface area contributed by atoms with Gasteiger partial charge in [0.2, 0.25) is 0 Å². The highest BCUT2D eigenvalue weighted by atomic mass is 16.5. The Morgan fingerprint density at radius 3 is 2.30 bits per heavy atom. The lowest BCUT2D eigenvalue weighted by molar-refractivity contribution is -0.145. The second kappa shape index (κ2) is 7.47. The molecule has 0 radical (unpaired) electrons. The molecule has 1 atom stereocenters. The van der Waals surface area contributed by atoms with Crippen LogP contribution in [0.2, 0.25) is 0 Å². The largest absolute Gasteiger partial charge is 0.480 e. The van der Waals surface area contributed by atoms with Crippen molar-refractivity contribution in [3.8, 4) is 0 Å². The van der Waals surface area contributed by atoms with Gasteiger partial charge in [-0.2, -0.15) is 0 Å². The van der Waals surface area contributed by atoms with Gasteiger partial charge in [-0.05, 0) is 18.8 Å². The van der Waals surface area contributed by atoms with E-state index in [0.717, 1.165) is 19.3 Å². The molecule has 0 saturated heterocycles. The Bertz CT molecular complexity index is 338. The summed E-state index contributed by atoms with van der Waals surface area (Å²) in [6, 6.07) is -0.556. The molecular weight excluding hydrogens is 260 g/mol. The van der Waals surface area contributed by atoms with E-state index in [1.807, 2.05) is 13.8 Å². The first-order valence-electron chi connectivity index (χ1n) is 7.22. The van der Waals surface area contributed by atoms with E-state index in [4.69, 9.17) is 4.74 Å². The van der Waals surface area contributed by atoms with Crippen LogP contribution in [0.25, 0.3) is 0 Å². The van der Waals surface area contributed by atoms with Gasteiger partial charge in [0.15, 0.2) is 0 Å². The molecular formula is C14H26N2O4. The van der Waals surface area contributed by atoms with E-state index in [9.17, 15) is 14.7 Å². The predicted octanol–water partition coefficient (Wildman–Crippen LogP) is 1.74. The molecule has 3 N–H and O–H groups in total. The Hall–Kier alpha value is -1.30. The van der Waals surface area contributed by atoms with Crippen LogP contribution in [0.15, 0.2) is 0 Å². The van der Waals surface area contributed by atoms with Gasteiger partial charge >= 0.3 is 12.0 Å². The molecule has 1 fully saturated rings. The number of aliphatic carboxylic acids is 1. The average Bonchev–Trinajstić information content (AvgIpc) is 2.38. The summed E-state index contributed by atoms with van der Waals surface area (Å²) in [6.07, 6.45) is 3.67. The lowest BCUT2D eigenvalue weighted by atomic mass is 9.82. The fraction of sp³-hybridized carbons (Fsp3) is 0.857. The molecule has 6 heteroatoms. The summed E-state index contributed by atoms with van der Waals surface area (Å²) in [5.74, 6) is -0.729. The Balaban J connectivity index is 2.64. The number of carboxylic acid groups (broad SMARTS) is 1. The first-order chi connectivity index (χ1) is 9.41. The van der Waals surface area contributed by atoms with Crippen molar-refractivity contribution < 1.29 is 19.4 Å². The normalized spacial score (nSPS) is 19.4. The van der Waals surface area contributed by atoms with E-state index in [0.29, 0.717) is 19.4 Å². The smallest absolute Gasteiger partial charge is 0.329 e. The molecule has 1 saturated carbocycles. The summed E-state index contributed by atoms with van der Waals surface area (Å²) in [5, 5.41) is 14.9. The number of hydrogen-bond acceptors (Lipinski definition) is 3. The summed E-state index contributed by atoms with van der Waals surface area (Å²) in [6.45, 7) is 4.38. The van der Waals surface area contributed by atoms with Crippen LogP contribution in [-0.2, 0) is 9.53 Å². The third kappa shape index (κ3) is 4.37. The van der Waals surface area contributed by atoms with Gasteiger partial charge in [-0.1, -0.05) is 33.1 Å². The number of carboxylic acids is 1. The highest BCUT2D eigenvalue weighted by Crippen LogP contribution is 2.28. The van der Waals surface area contributed by atoms with E-state index in [-0.39, 0.29) is 12.0 Å². The minimum atomic E-state index is -1.11. The van der Waals surface area contributed by atoms with Gasteiger partial charge in [0.05, 0.1) is 12.6 Å². The van der Waals surface area contributed by atoms with Crippen LogP contribution in [-0.4, -0.2) is 42.4 Å². The number of carbonyl (C=O) groups excluding carboxylic acids is 1. The number of carbonyl (C=O) groups is 2. The van der Waals surface area contributed by atoms with Crippen LogP contribution < -0.4 is 10.6 Å². The van der Waals surface area contributed by atoms with Crippen molar-refractivity contribution in [1.82, 2.24) is 10.6 Å². The van der Waals surface area contributed by atoms with E-state index in [1.165, 1.54) is 0 Å². The van der Waals surface area contributed by atoms with Crippen molar-refractivity contribution in [2.45, 2.75) is 57.5 Å². The first kappa shape index (κ1) is 16.8. The van der Waals surface area contributed by atoms with Crippen LogP contribution in [0, 0.1) is 5.92 Å². The molecule has 116 valence electrons. The maximum Gasteiger partial charge on any atom is 0.329 e. The topological polar surface area (TPSA) is 87.7 Å². The fourth-order valence-electron chi connectivity index (χ4n) is 2.55. The van der Waals surface area contributed by atoms with Gasteiger partial charge in [0, 0.05) is 7.11 Å². The maximum atomic E-state index is 12.1. The second-order valence-corrected chi connectivity index (χ2v) is 5.85. The van der Waals surface area contributed by atoms with Gasteiger partial charge in [0.1, 0.15) is 5.54 Å². The van der Waals surface area contributed by atoms with E-state index < -0.39 is 17.5 Å². The zero-order valence-corrected chi connectivity index (χ0v) is 12.6. The molecule has 0 heterocycles. The molecule has 0 aromatic carbocycles. The van der Waals surface area contributed by atoms with Crippen molar-refractivity contribution in [3.63, 3.8) is 0 Å². The Labute approximate surface area is 120 Å². The molecule has 0 aromatic rings. The fourth-order valence-corrected chi connectivity index (χ4v) is 2.55. The zero-order chi connectivity index (χ0) is 15.2. The molecule has 0 spiro atoms. The number of urea groups is 1. The molecule has 0 aromatic heterocycles. The zero-order valence-electron chi connectivity index (χ0n) is 12.6. The van der Waals surface area contributed by atoms with Crippen LogP contribution >= 0.6 is 0 Å². The van der Waals surface area contributed by atoms with Crippen LogP contribution in [0.3, 0.4) is 0 Å². The predicted molar refractivity (Wildman–Crippen MR) is 75.6 cm³/mol. The molecule has 0 aliphatic heterocycles. The lowest BCUT2D eigenvalue weighted by Crippen LogP contribution is -2.60. The number of methoxy groups -OCH3 is 1. The molecule has 2 amide bonds. The highest BCUT2D eigenvalue weighted by molar-refractivity contribution is 5.86. The van der Waals surface area contributed by atoms with Crippen molar-refractivity contribution >= 4 is 12.0 Å². The maximum absolute atomic E-state index is 12.1. The lowest BCUT2D eigenvalue weighted by Gasteiger charge is -2.34.